The highest BCUT2D eigenvalue weighted by Gasteiger charge is 2.41. The van der Waals surface area contributed by atoms with Crippen LogP contribution in [0.1, 0.15) is 12.8 Å². The van der Waals surface area contributed by atoms with E-state index in [0.29, 0.717) is 43.4 Å². The van der Waals surface area contributed by atoms with Gasteiger partial charge in [-0.15, -0.1) is 6.58 Å². The van der Waals surface area contributed by atoms with E-state index in [0.717, 1.165) is 6.42 Å². The number of nitrogens with one attached hydrogen (secondary N) is 2. The van der Waals surface area contributed by atoms with Gasteiger partial charge in [0.25, 0.3) is 0 Å². The molecule has 1 aromatic carbocycles. The third kappa shape index (κ3) is 7.96. The van der Waals surface area contributed by atoms with E-state index in [1.807, 2.05) is 12.1 Å². The summed E-state index contributed by atoms with van der Waals surface area (Å²) in [5.41, 5.74) is 0.687. The van der Waals surface area contributed by atoms with Crippen molar-refractivity contribution >= 4 is 28.5 Å². The number of carbonyl (C=O) groups excluding carboxylic acids is 2. The van der Waals surface area contributed by atoms with E-state index in [1.54, 1.807) is 18.2 Å². The molecule has 2 N–H and O–H groups in total. The average molecular weight is 425 g/mol. The minimum absolute atomic E-state index is 0.0580. The Morgan fingerprint density at radius 3 is 2.72 bits per heavy atom. The summed E-state index contributed by atoms with van der Waals surface area (Å²) in [4.78, 5) is 23.5. The smallest absolute Gasteiger partial charge is 0.331 e. The van der Waals surface area contributed by atoms with Crippen molar-refractivity contribution < 1.29 is 28.0 Å². The van der Waals surface area contributed by atoms with Crippen molar-refractivity contribution in [2.45, 2.75) is 17.7 Å². The summed E-state index contributed by atoms with van der Waals surface area (Å²) in [6, 6.07) is 7.14. The molecule has 0 aliphatic heterocycles. The third-order valence-corrected chi connectivity index (χ3v) is 5.49. The van der Waals surface area contributed by atoms with Crippen LogP contribution >= 0.6 is 0 Å². The molecular weight excluding hydrogens is 396 g/mol. The molecule has 2 rings (SSSR count). The number of hydrogen-bond acceptors (Lipinski definition) is 7. The molecular formula is C20H28N2O6S. The zero-order valence-electron chi connectivity index (χ0n) is 16.6. The van der Waals surface area contributed by atoms with E-state index in [4.69, 9.17) is 9.47 Å². The third-order valence-electron chi connectivity index (χ3n) is 4.35. The number of ether oxygens (including phenoxy) is 3. The lowest BCUT2D eigenvalue weighted by molar-refractivity contribution is -0.146. The second kappa shape index (κ2) is 12.4. The molecule has 8 nitrogen and oxygen atoms in total. The largest absolute Gasteiger partial charge is 0.467 e. The Morgan fingerprint density at radius 1 is 1.24 bits per heavy atom. The molecule has 0 spiro atoms. The van der Waals surface area contributed by atoms with Crippen molar-refractivity contribution in [2.75, 3.05) is 45.4 Å². The van der Waals surface area contributed by atoms with Crippen molar-refractivity contribution in [3.05, 3.63) is 36.9 Å². The zero-order chi connectivity index (χ0) is 21.1. The first-order chi connectivity index (χ1) is 14.1. The number of benzene rings is 1. The van der Waals surface area contributed by atoms with Crippen LogP contribution in [0.4, 0.5) is 5.69 Å². The minimum Gasteiger partial charge on any atom is -0.467 e. The Morgan fingerprint density at radius 2 is 2.00 bits per heavy atom. The van der Waals surface area contributed by atoms with Gasteiger partial charge in [-0.1, -0.05) is 18.2 Å². The van der Waals surface area contributed by atoms with Crippen LogP contribution in [0.3, 0.4) is 0 Å². The molecule has 1 aliphatic carbocycles. The number of allylic oxidation sites excluding steroid dienone is 1. The standard InChI is InChI=1S/C20H28N2O6S/c1-3-15-13-16(15)20(24)22-29(25)18-8-5-4-7-17(18)21-9-12-27-10-6-11-28-14-19(23)26-2/h3-5,7-8,15-16,21H,1,6,9-14H2,2H3,(H,22,24)/t15-,16+,29?/m1/s1. The van der Waals surface area contributed by atoms with Crippen LogP contribution in [-0.4, -0.2) is 56.2 Å². The number of rotatable bonds is 14. The highest BCUT2D eigenvalue weighted by Crippen LogP contribution is 2.39. The maximum atomic E-state index is 12.5. The van der Waals surface area contributed by atoms with E-state index < -0.39 is 17.0 Å². The van der Waals surface area contributed by atoms with E-state index in [-0.39, 0.29) is 24.3 Å². The van der Waals surface area contributed by atoms with Gasteiger partial charge in [-0.25, -0.2) is 9.00 Å². The fourth-order valence-corrected chi connectivity index (χ4v) is 3.60. The van der Waals surface area contributed by atoms with Gasteiger partial charge in [0.15, 0.2) is 11.0 Å². The number of hydrogen-bond donors (Lipinski definition) is 2. The highest BCUT2D eigenvalue weighted by molar-refractivity contribution is 7.83. The maximum absolute atomic E-state index is 12.5. The van der Waals surface area contributed by atoms with Crippen molar-refractivity contribution in [1.29, 1.82) is 0 Å². The Kier molecular flexibility index (Phi) is 9.82. The molecule has 0 bridgehead atoms. The van der Waals surface area contributed by atoms with Gasteiger partial charge >= 0.3 is 5.97 Å². The second-order valence-corrected chi connectivity index (χ2v) is 7.68. The predicted molar refractivity (Wildman–Crippen MR) is 110 cm³/mol. The van der Waals surface area contributed by atoms with Crippen molar-refractivity contribution in [3.8, 4) is 0 Å². The van der Waals surface area contributed by atoms with E-state index in [1.165, 1.54) is 7.11 Å². The lowest BCUT2D eigenvalue weighted by Gasteiger charge is -2.12. The van der Waals surface area contributed by atoms with Gasteiger partial charge in [0, 0.05) is 25.7 Å². The molecule has 1 saturated carbocycles. The van der Waals surface area contributed by atoms with Crippen LogP contribution in [0, 0.1) is 11.8 Å². The van der Waals surface area contributed by atoms with Crippen LogP contribution < -0.4 is 10.0 Å². The number of methoxy groups -OCH3 is 1. The second-order valence-electron chi connectivity index (χ2n) is 6.49. The Labute approximate surface area is 173 Å². The summed E-state index contributed by atoms with van der Waals surface area (Å²) in [6.45, 7) is 5.51. The van der Waals surface area contributed by atoms with E-state index in [9.17, 15) is 13.8 Å². The van der Waals surface area contributed by atoms with Gasteiger partial charge in [-0.2, -0.15) is 0 Å². The summed E-state index contributed by atoms with van der Waals surface area (Å²) in [6.07, 6.45) is 3.18. The SMILES string of the molecule is C=C[C@@H]1C[C@@H]1C(=O)NS(=O)c1ccccc1NCCOCCCOCC(=O)OC. The quantitative estimate of drug-likeness (QED) is 0.266. The number of anilines is 1. The molecule has 1 aliphatic rings. The number of esters is 1. The van der Waals surface area contributed by atoms with Gasteiger partial charge in [0.2, 0.25) is 5.91 Å². The topological polar surface area (TPSA) is 103 Å². The molecule has 3 atom stereocenters. The van der Waals surface area contributed by atoms with Crippen LogP contribution in [0.2, 0.25) is 0 Å². The lowest BCUT2D eigenvalue weighted by atomic mass is 10.3. The monoisotopic (exact) mass is 424 g/mol. The molecule has 1 amide bonds. The Hall–Kier alpha value is -2.23. The van der Waals surface area contributed by atoms with Crippen molar-refractivity contribution in [2.24, 2.45) is 11.8 Å². The van der Waals surface area contributed by atoms with Gasteiger partial charge in [0.1, 0.15) is 6.61 Å². The molecule has 29 heavy (non-hydrogen) atoms. The molecule has 0 aromatic heterocycles. The van der Waals surface area contributed by atoms with Gasteiger partial charge in [-0.05, 0) is 30.9 Å². The average Bonchev–Trinajstić information content (AvgIpc) is 3.52. The predicted octanol–water partition coefficient (Wildman–Crippen LogP) is 1.66. The van der Waals surface area contributed by atoms with Crippen LogP contribution in [-0.2, 0) is 34.8 Å². The van der Waals surface area contributed by atoms with Gasteiger partial charge in [-0.3, -0.25) is 9.52 Å². The molecule has 1 aromatic rings. The number of carbonyl (C=O) groups is 2. The van der Waals surface area contributed by atoms with Crippen molar-refractivity contribution in [1.82, 2.24) is 4.72 Å². The van der Waals surface area contributed by atoms with Crippen LogP contribution in [0.5, 0.6) is 0 Å². The molecule has 9 heteroatoms. The number of para-hydroxylation sites is 1. The summed E-state index contributed by atoms with van der Waals surface area (Å²) in [5, 5.41) is 3.18. The normalized spacial score (nSPS) is 18.5. The summed E-state index contributed by atoms with van der Waals surface area (Å²) in [7, 11) is -0.317. The fourth-order valence-electron chi connectivity index (χ4n) is 2.61. The van der Waals surface area contributed by atoms with E-state index in [2.05, 4.69) is 21.4 Å². The lowest BCUT2D eigenvalue weighted by Crippen LogP contribution is -2.28. The van der Waals surface area contributed by atoms with Crippen LogP contribution in [0.15, 0.2) is 41.8 Å². The number of amides is 1. The first kappa shape index (κ1) is 23.1. The highest BCUT2D eigenvalue weighted by atomic mass is 32.2. The maximum Gasteiger partial charge on any atom is 0.331 e. The van der Waals surface area contributed by atoms with Crippen molar-refractivity contribution in [3.63, 3.8) is 0 Å². The Bertz CT molecular complexity index is 727. The summed E-state index contributed by atoms with van der Waals surface area (Å²) in [5.74, 6) is -0.550. The zero-order valence-corrected chi connectivity index (χ0v) is 17.4. The molecule has 0 heterocycles. The summed E-state index contributed by atoms with van der Waals surface area (Å²) < 4.78 is 30.2. The first-order valence-electron chi connectivity index (χ1n) is 9.46. The van der Waals surface area contributed by atoms with Gasteiger partial charge < -0.3 is 19.5 Å². The molecule has 1 unspecified atom stereocenters. The van der Waals surface area contributed by atoms with Gasteiger partial charge in [0.05, 0.1) is 24.3 Å². The Balaban J connectivity index is 1.66. The first-order valence-corrected chi connectivity index (χ1v) is 10.6. The molecule has 0 saturated heterocycles. The summed E-state index contributed by atoms with van der Waals surface area (Å²) >= 11 is 0. The molecule has 0 radical (unpaired) electrons. The molecule has 160 valence electrons. The molecule has 1 fully saturated rings. The fraction of sp³-hybridized carbons (Fsp3) is 0.500. The van der Waals surface area contributed by atoms with Crippen LogP contribution in [0.25, 0.3) is 0 Å². The minimum atomic E-state index is -1.63. The van der Waals surface area contributed by atoms with E-state index >= 15 is 0 Å².